The van der Waals surface area contributed by atoms with Crippen molar-refractivity contribution in [2.75, 3.05) is 5.32 Å². The molecule has 8 nitrogen and oxygen atoms in total. The molecule has 0 spiro atoms. The fourth-order valence-electron chi connectivity index (χ4n) is 1.84. The number of nitrogens with one attached hydrogen (secondary N) is 1. The van der Waals surface area contributed by atoms with E-state index in [2.05, 4.69) is 20.4 Å². The number of anilines is 1. The minimum atomic E-state index is -0.435. The summed E-state index contributed by atoms with van der Waals surface area (Å²) < 4.78 is 1.46. The highest BCUT2D eigenvalue weighted by atomic mass is 16.6. The molecule has 0 atom stereocenters. The molecule has 19 heavy (non-hydrogen) atoms. The number of aromatic nitrogens is 4. The maximum Gasteiger partial charge on any atom is 0.333 e. The van der Waals surface area contributed by atoms with Crippen molar-refractivity contribution in [1.29, 1.82) is 0 Å². The zero-order valence-electron chi connectivity index (χ0n) is 10.9. The molecule has 0 radical (unpaired) electrons. The molecule has 2 aromatic rings. The van der Waals surface area contributed by atoms with E-state index in [-0.39, 0.29) is 5.69 Å². The molecule has 0 amide bonds. The maximum atomic E-state index is 11.0. The third kappa shape index (κ3) is 2.67. The second-order valence-corrected chi connectivity index (χ2v) is 4.11. The highest BCUT2D eigenvalue weighted by Gasteiger charge is 2.23. The van der Waals surface area contributed by atoms with Gasteiger partial charge in [-0.25, -0.2) is 14.6 Å². The lowest BCUT2D eigenvalue weighted by molar-refractivity contribution is -0.384. The van der Waals surface area contributed by atoms with Gasteiger partial charge in [-0.3, -0.25) is 10.1 Å². The van der Waals surface area contributed by atoms with Crippen LogP contribution in [0.25, 0.3) is 0 Å². The zero-order valence-corrected chi connectivity index (χ0v) is 10.9. The Bertz CT molecular complexity index is 622. The van der Waals surface area contributed by atoms with Gasteiger partial charge >= 0.3 is 5.69 Å². The van der Waals surface area contributed by atoms with Crippen molar-refractivity contribution < 1.29 is 4.92 Å². The molecule has 8 heteroatoms. The van der Waals surface area contributed by atoms with Crippen molar-refractivity contribution in [1.82, 2.24) is 19.7 Å². The van der Waals surface area contributed by atoms with E-state index in [1.807, 2.05) is 0 Å². The second kappa shape index (κ2) is 5.01. The van der Waals surface area contributed by atoms with Gasteiger partial charge in [-0.2, -0.15) is 5.10 Å². The second-order valence-electron chi connectivity index (χ2n) is 4.11. The molecule has 0 aliphatic rings. The van der Waals surface area contributed by atoms with Crippen LogP contribution in [0.5, 0.6) is 0 Å². The third-order valence-corrected chi connectivity index (χ3v) is 2.64. The smallest absolute Gasteiger partial charge is 0.333 e. The Balaban J connectivity index is 2.22. The lowest BCUT2D eigenvalue weighted by atomic mass is 10.3. The molecule has 2 rings (SSSR count). The number of nitro groups is 1. The summed E-state index contributed by atoms with van der Waals surface area (Å²) in [6.07, 6.45) is 1.66. The van der Waals surface area contributed by atoms with Crippen molar-refractivity contribution in [3.63, 3.8) is 0 Å². The summed E-state index contributed by atoms with van der Waals surface area (Å²) in [7, 11) is 1.66. The van der Waals surface area contributed by atoms with Crippen LogP contribution in [-0.2, 0) is 13.6 Å². The normalized spacial score (nSPS) is 10.5. The Morgan fingerprint density at radius 3 is 2.84 bits per heavy atom. The predicted octanol–water partition coefficient (Wildman–Crippen LogP) is 1.35. The average Bonchev–Trinajstić information content (AvgIpc) is 2.61. The van der Waals surface area contributed by atoms with E-state index in [1.54, 1.807) is 33.2 Å². The molecule has 0 fully saturated rings. The number of hydrogen-bond donors (Lipinski definition) is 1. The van der Waals surface area contributed by atoms with Crippen LogP contribution in [0, 0.1) is 24.0 Å². The summed E-state index contributed by atoms with van der Waals surface area (Å²) in [6.45, 7) is 3.78. The monoisotopic (exact) mass is 262 g/mol. The van der Waals surface area contributed by atoms with E-state index in [0.29, 0.717) is 23.9 Å². The van der Waals surface area contributed by atoms with E-state index in [0.717, 1.165) is 5.69 Å². The molecule has 1 N–H and O–H groups in total. The maximum absolute atomic E-state index is 11.0. The van der Waals surface area contributed by atoms with E-state index in [4.69, 9.17) is 0 Å². The topological polar surface area (TPSA) is 98.8 Å². The molecule has 0 aromatic carbocycles. The van der Waals surface area contributed by atoms with Gasteiger partial charge in [0.05, 0.1) is 17.2 Å². The summed E-state index contributed by atoms with van der Waals surface area (Å²) in [4.78, 5) is 18.8. The predicted molar refractivity (Wildman–Crippen MR) is 68.7 cm³/mol. The average molecular weight is 262 g/mol. The summed E-state index contributed by atoms with van der Waals surface area (Å²) in [5, 5.41) is 18.0. The summed E-state index contributed by atoms with van der Waals surface area (Å²) in [5.74, 6) is 1.04. The quantitative estimate of drug-likeness (QED) is 0.659. The van der Waals surface area contributed by atoms with Crippen LogP contribution in [0.3, 0.4) is 0 Å². The van der Waals surface area contributed by atoms with Crippen molar-refractivity contribution in [3.8, 4) is 0 Å². The number of aryl methyl sites for hydroxylation is 3. The van der Waals surface area contributed by atoms with Gasteiger partial charge in [-0.1, -0.05) is 0 Å². The van der Waals surface area contributed by atoms with Crippen LogP contribution >= 0.6 is 0 Å². The molecular weight excluding hydrogens is 248 g/mol. The largest absolute Gasteiger partial charge is 0.359 e. The van der Waals surface area contributed by atoms with Crippen LogP contribution in [0.15, 0.2) is 12.3 Å². The molecule has 0 saturated carbocycles. The van der Waals surface area contributed by atoms with Gasteiger partial charge in [-0.15, -0.1) is 0 Å². The first-order valence-electron chi connectivity index (χ1n) is 5.69. The molecule has 2 aromatic heterocycles. The SMILES string of the molecule is Cc1nccc(CNc2c([N+](=O)[O-])c(C)nn2C)n1. The van der Waals surface area contributed by atoms with E-state index in [1.165, 1.54) is 4.68 Å². The highest BCUT2D eigenvalue weighted by Crippen LogP contribution is 2.27. The Labute approximate surface area is 109 Å². The first-order valence-corrected chi connectivity index (χ1v) is 5.69. The van der Waals surface area contributed by atoms with Gasteiger partial charge in [-0.05, 0) is 19.9 Å². The highest BCUT2D eigenvalue weighted by molar-refractivity contribution is 5.59. The van der Waals surface area contributed by atoms with Gasteiger partial charge in [0.15, 0.2) is 0 Å². The van der Waals surface area contributed by atoms with Crippen molar-refractivity contribution in [3.05, 3.63) is 39.6 Å². The molecule has 0 bridgehead atoms. The van der Waals surface area contributed by atoms with Crippen LogP contribution < -0.4 is 5.32 Å². The van der Waals surface area contributed by atoms with Gasteiger partial charge in [0.1, 0.15) is 11.5 Å². The fourth-order valence-corrected chi connectivity index (χ4v) is 1.84. The molecule has 100 valence electrons. The van der Waals surface area contributed by atoms with E-state index < -0.39 is 4.92 Å². The van der Waals surface area contributed by atoms with Crippen molar-refractivity contribution in [2.24, 2.45) is 7.05 Å². The standard InChI is InChI=1S/C11H14N6O2/c1-7-10(17(18)19)11(16(3)15-7)13-6-9-4-5-12-8(2)14-9/h4-5,13H,6H2,1-3H3. The van der Waals surface area contributed by atoms with Crippen molar-refractivity contribution >= 4 is 11.5 Å². The van der Waals surface area contributed by atoms with Gasteiger partial charge in [0.25, 0.3) is 0 Å². The molecule has 0 aliphatic heterocycles. The van der Waals surface area contributed by atoms with Crippen molar-refractivity contribution in [2.45, 2.75) is 20.4 Å². The minimum absolute atomic E-state index is 0.00622. The zero-order chi connectivity index (χ0) is 14.0. The molecule has 0 saturated heterocycles. The molecule has 2 heterocycles. The Kier molecular flexibility index (Phi) is 3.41. The molecule has 0 unspecified atom stereocenters. The molecule has 0 aliphatic carbocycles. The fraction of sp³-hybridized carbons (Fsp3) is 0.364. The first-order chi connectivity index (χ1) is 8.99. The Hall–Kier alpha value is -2.51. The van der Waals surface area contributed by atoms with E-state index >= 15 is 0 Å². The van der Waals surface area contributed by atoms with Crippen LogP contribution in [0.4, 0.5) is 11.5 Å². The van der Waals surface area contributed by atoms with E-state index in [9.17, 15) is 10.1 Å². The molecular formula is C11H14N6O2. The van der Waals surface area contributed by atoms with Crippen LogP contribution in [0.1, 0.15) is 17.2 Å². The summed E-state index contributed by atoms with van der Waals surface area (Å²) in [6, 6.07) is 1.76. The third-order valence-electron chi connectivity index (χ3n) is 2.64. The van der Waals surface area contributed by atoms with Gasteiger partial charge in [0.2, 0.25) is 5.82 Å². The van der Waals surface area contributed by atoms with Gasteiger partial charge < -0.3 is 5.32 Å². The number of rotatable bonds is 4. The number of nitrogens with zero attached hydrogens (tertiary/aromatic N) is 5. The summed E-state index contributed by atoms with van der Waals surface area (Å²) >= 11 is 0. The Morgan fingerprint density at radius 1 is 1.47 bits per heavy atom. The summed E-state index contributed by atoms with van der Waals surface area (Å²) in [5.41, 5.74) is 1.14. The Morgan fingerprint density at radius 2 is 2.21 bits per heavy atom. The lowest BCUT2D eigenvalue weighted by Gasteiger charge is -2.05. The first kappa shape index (κ1) is 12.9. The lowest BCUT2D eigenvalue weighted by Crippen LogP contribution is -2.08. The van der Waals surface area contributed by atoms with Gasteiger partial charge in [0, 0.05) is 13.2 Å². The van der Waals surface area contributed by atoms with Crippen LogP contribution in [-0.4, -0.2) is 24.7 Å². The van der Waals surface area contributed by atoms with Crippen LogP contribution in [0.2, 0.25) is 0 Å². The minimum Gasteiger partial charge on any atom is -0.359 e. The number of hydrogen-bond acceptors (Lipinski definition) is 6.